The zero-order chi connectivity index (χ0) is 21.2. The van der Waals surface area contributed by atoms with Crippen LogP contribution in [0.25, 0.3) is 10.9 Å². The molecule has 1 atom stereocenters. The van der Waals surface area contributed by atoms with Gasteiger partial charge in [0, 0.05) is 10.8 Å². The molecule has 5 rings (SSSR count). The van der Waals surface area contributed by atoms with Crippen molar-refractivity contribution in [3.63, 3.8) is 0 Å². The molecule has 0 N–H and O–H groups in total. The Bertz CT molecular complexity index is 1290. The highest BCUT2D eigenvalue weighted by atomic mass is 35.5. The van der Waals surface area contributed by atoms with Crippen LogP contribution in [0.4, 0.5) is 0 Å². The van der Waals surface area contributed by atoms with Crippen LogP contribution in [0.3, 0.4) is 0 Å². The largest absolute Gasteiger partial charge is 0.486 e. The van der Waals surface area contributed by atoms with Gasteiger partial charge in [-0.05, 0) is 42.0 Å². The van der Waals surface area contributed by atoms with Crippen molar-refractivity contribution in [1.82, 2.24) is 9.55 Å². The zero-order valence-electron chi connectivity index (χ0n) is 16.5. The second kappa shape index (κ2) is 8.65. The van der Waals surface area contributed by atoms with Crippen molar-refractivity contribution in [3.05, 3.63) is 93.7 Å². The van der Waals surface area contributed by atoms with Crippen molar-refractivity contribution in [3.8, 4) is 11.5 Å². The predicted octanol–water partition coefficient (Wildman–Crippen LogP) is 5.18. The Morgan fingerprint density at radius 1 is 1.00 bits per heavy atom. The van der Waals surface area contributed by atoms with Crippen molar-refractivity contribution < 1.29 is 9.47 Å². The van der Waals surface area contributed by atoms with E-state index >= 15 is 0 Å². The Morgan fingerprint density at radius 2 is 1.74 bits per heavy atom. The van der Waals surface area contributed by atoms with Gasteiger partial charge in [-0.25, -0.2) is 4.98 Å². The molecule has 0 unspecified atom stereocenters. The molecule has 0 spiro atoms. The number of hydrogen-bond acceptors (Lipinski definition) is 5. The Labute approximate surface area is 188 Å². The van der Waals surface area contributed by atoms with Gasteiger partial charge in [0.2, 0.25) is 0 Å². The minimum Gasteiger partial charge on any atom is -0.486 e. The summed E-state index contributed by atoms with van der Waals surface area (Å²) in [5.74, 6) is 2.09. The second-order valence-corrected chi connectivity index (χ2v) is 8.62. The number of ether oxygens (including phenoxy) is 2. The van der Waals surface area contributed by atoms with E-state index in [1.807, 2.05) is 72.8 Å². The number of nitrogens with zero attached hydrogens (tertiary/aromatic N) is 2. The van der Waals surface area contributed by atoms with Gasteiger partial charge in [0.15, 0.2) is 22.8 Å². The van der Waals surface area contributed by atoms with E-state index in [-0.39, 0.29) is 11.7 Å². The average molecular weight is 451 g/mol. The van der Waals surface area contributed by atoms with Gasteiger partial charge in [0.1, 0.15) is 6.61 Å². The van der Waals surface area contributed by atoms with Gasteiger partial charge in [0.05, 0.1) is 17.4 Å². The molecule has 3 aromatic carbocycles. The maximum atomic E-state index is 13.3. The molecule has 156 valence electrons. The lowest BCUT2D eigenvalue weighted by Gasteiger charge is -2.27. The summed E-state index contributed by atoms with van der Waals surface area (Å²) >= 11 is 7.52. The van der Waals surface area contributed by atoms with Crippen LogP contribution in [-0.2, 0) is 12.3 Å². The molecule has 7 heteroatoms. The molecular formula is C24H19ClN2O3S. The van der Waals surface area contributed by atoms with E-state index < -0.39 is 0 Å². The van der Waals surface area contributed by atoms with Crippen molar-refractivity contribution in [2.75, 3.05) is 6.61 Å². The third-order valence-electron chi connectivity index (χ3n) is 5.06. The Morgan fingerprint density at radius 3 is 2.58 bits per heavy atom. The van der Waals surface area contributed by atoms with Crippen LogP contribution in [0.15, 0.2) is 82.7 Å². The quantitative estimate of drug-likeness (QED) is 0.309. The minimum absolute atomic E-state index is 0.0772. The minimum atomic E-state index is -0.287. The molecule has 5 nitrogen and oxygen atoms in total. The van der Waals surface area contributed by atoms with E-state index in [0.717, 1.165) is 11.3 Å². The lowest BCUT2D eigenvalue weighted by molar-refractivity contribution is 0.0757. The van der Waals surface area contributed by atoms with E-state index in [4.69, 9.17) is 26.1 Å². The van der Waals surface area contributed by atoms with Gasteiger partial charge in [0.25, 0.3) is 5.56 Å². The molecule has 0 saturated heterocycles. The number of benzene rings is 3. The first-order valence-corrected chi connectivity index (χ1v) is 11.3. The molecule has 4 aromatic rings. The lowest BCUT2D eigenvalue weighted by atomic mass is 10.2. The first kappa shape index (κ1) is 20.0. The summed E-state index contributed by atoms with van der Waals surface area (Å²) in [5.41, 5.74) is 1.72. The third kappa shape index (κ3) is 4.27. The smallest absolute Gasteiger partial charge is 0.262 e. The molecule has 0 bridgehead atoms. The molecule has 31 heavy (non-hydrogen) atoms. The Balaban J connectivity index is 1.46. The van der Waals surface area contributed by atoms with Gasteiger partial charge in [-0.1, -0.05) is 59.8 Å². The number of hydrogen-bond donors (Lipinski definition) is 0. The standard InChI is InChI=1S/C24H19ClN2O3S/c25-17-11-9-16(10-12-17)15-31-24-26-20-6-2-1-5-19(20)23(28)27(24)13-18-14-29-21-7-3-4-8-22(21)30-18/h1-12,18H,13-15H2/t18-/m1/s1. The van der Waals surface area contributed by atoms with E-state index in [0.29, 0.717) is 45.7 Å². The van der Waals surface area contributed by atoms with Gasteiger partial charge >= 0.3 is 0 Å². The van der Waals surface area contributed by atoms with Crippen LogP contribution in [0.2, 0.25) is 5.02 Å². The van der Waals surface area contributed by atoms with Gasteiger partial charge in [-0.2, -0.15) is 0 Å². The fourth-order valence-corrected chi connectivity index (χ4v) is 4.59. The summed E-state index contributed by atoms with van der Waals surface area (Å²) in [4.78, 5) is 18.1. The van der Waals surface area contributed by atoms with Crippen LogP contribution in [-0.4, -0.2) is 22.3 Å². The van der Waals surface area contributed by atoms with Crippen LogP contribution in [0.5, 0.6) is 11.5 Å². The normalized spacial score (nSPS) is 15.2. The monoisotopic (exact) mass is 450 g/mol. The van der Waals surface area contributed by atoms with E-state index in [2.05, 4.69) is 0 Å². The highest BCUT2D eigenvalue weighted by Crippen LogP contribution is 2.31. The van der Waals surface area contributed by atoms with E-state index in [9.17, 15) is 4.79 Å². The van der Waals surface area contributed by atoms with E-state index in [1.54, 1.807) is 4.57 Å². The molecule has 1 aliphatic heterocycles. The number of aromatic nitrogens is 2. The van der Waals surface area contributed by atoms with Crippen molar-refractivity contribution in [1.29, 1.82) is 0 Å². The van der Waals surface area contributed by atoms with Crippen molar-refractivity contribution in [2.45, 2.75) is 23.6 Å². The highest BCUT2D eigenvalue weighted by molar-refractivity contribution is 7.98. The molecule has 1 aromatic heterocycles. The maximum Gasteiger partial charge on any atom is 0.262 e. The molecule has 0 radical (unpaired) electrons. The van der Waals surface area contributed by atoms with Crippen LogP contribution >= 0.6 is 23.4 Å². The Kier molecular flexibility index (Phi) is 5.57. The molecule has 0 saturated carbocycles. The summed E-state index contributed by atoms with van der Waals surface area (Å²) in [7, 11) is 0. The summed E-state index contributed by atoms with van der Waals surface area (Å²) < 4.78 is 13.6. The molecule has 0 aliphatic carbocycles. The van der Waals surface area contributed by atoms with Gasteiger partial charge in [-0.15, -0.1) is 0 Å². The van der Waals surface area contributed by atoms with Crippen LogP contribution < -0.4 is 15.0 Å². The summed E-state index contributed by atoms with van der Waals surface area (Å²) in [6.45, 7) is 0.728. The predicted molar refractivity (Wildman–Crippen MR) is 123 cm³/mol. The fourth-order valence-electron chi connectivity index (χ4n) is 3.50. The lowest BCUT2D eigenvalue weighted by Crippen LogP contribution is -2.37. The number of fused-ring (bicyclic) bond motifs is 2. The number of para-hydroxylation sites is 3. The van der Waals surface area contributed by atoms with E-state index in [1.165, 1.54) is 11.8 Å². The molecule has 0 amide bonds. The summed E-state index contributed by atoms with van der Waals surface area (Å²) in [6, 6.07) is 22.7. The first-order valence-electron chi connectivity index (χ1n) is 9.93. The summed E-state index contributed by atoms with van der Waals surface area (Å²) in [6.07, 6.45) is -0.287. The van der Waals surface area contributed by atoms with Crippen LogP contribution in [0, 0.1) is 0 Å². The second-order valence-electron chi connectivity index (χ2n) is 7.24. The SMILES string of the molecule is O=c1c2ccccc2nc(SCc2ccc(Cl)cc2)n1C[C@@H]1COc2ccccc2O1. The van der Waals surface area contributed by atoms with Gasteiger partial charge in [-0.3, -0.25) is 9.36 Å². The average Bonchev–Trinajstić information content (AvgIpc) is 2.81. The number of halogens is 1. The van der Waals surface area contributed by atoms with Crippen LogP contribution in [0.1, 0.15) is 5.56 Å². The van der Waals surface area contributed by atoms with Gasteiger partial charge < -0.3 is 9.47 Å². The Hall–Kier alpha value is -2.96. The summed E-state index contributed by atoms with van der Waals surface area (Å²) in [5, 5.41) is 1.95. The molecule has 2 heterocycles. The van der Waals surface area contributed by atoms with Crippen molar-refractivity contribution in [2.24, 2.45) is 0 Å². The number of thioether (sulfide) groups is 1. The third-order valence-corrected chi connectivity index (χ3v) is 6.36. The topological polar surface area (TPSA) is 53.4 Å². The molecule has 1 aliphatic rings. The zero-order valence-corrected chi connectivity index (χ0v) is 18.1. The molecule has 0 fully saturated rings. The molecular weight excluding hydrogens is 432 g/mol. The first-order chi connectivity index (χ1) is 15.2. The number of rotatable bonds is 5. The van der Waals surface area contributed by atoms with Crippen molar-refractivity contribution >= 4 is 34.3 Å². The maximum absolute atomic E-state index is 13.3. The highest BCUT2D eigenvalue weighted by Gasteiger charge is 2.23. The fraction of sp³-hybridized carbons (Fsp3) is 0.167.